The molecular formula is C8H13N3O3. The second kappa shape index (κ2) is 4.71. The summed E-state index contributed by atoms with van der Waals surface area (Å²) in [5.74, 6) is -0.663. The summed E-state index contributed by atoms with van der Waals surface area (Å²) >= 11 is 0. The molecule has 0 aromatic rings. The molecule has 0 bridgehead atoms. The summed E-state index contributed by atoms with van der Waals surface area (Å²) in [6.07, 6.45) is 0.179. The summed E-state index contributed by atoms with van der Waals surface area (Å²) < 4.78 is 0. The van der Waals surface area contributed by atoms with Gasteiger partial charge in [0.15, 0.2) is 0 Å². The average Bonchev–Trinajstić information content (AvgIpc) is 2.39. The van der Waals surface area contributed by atoms with E-state index in [0.29, 0.717) is 13.1 Å². The highest BCUT2D eigenvalue weighted by Gasteiger charge is 2.29. The fourth-order valence-corrected chi connectivity index (χ4v) is 1.20. The molecule has 1 heterocycles. The largest absolute Gasteiger partial charge is 0.355 e. The normalized spacial score (nSPS) is 20.8. The molecule has 1 unspecified atom stereocenters. The van der Waals surface area contributed by atoms with Crippen LogP contribution in [-0.4, -0.2) is 36.9 Å². The highest BCUT2D eigenvalue weighted by atomic mass is 16.2. The highest BCUT2D eigenvalue weighted by Crippen LogP contribution is 1.99. The molecule has 0 aliphatic carbocycles. The van der Waals surface area contributed by atoms with Crippen LogP contribution < -0.4 is 16.0 Å². The molecule has 1 atom stereocenters. The summed E-state index contributed by atoms with van der Waals surface area (Å²) in [5, 5.41) is 7.64. The highest BCUT2D eigenvalue weighted by molar-refractivity contribution is 6.05. The second-order valence-corrected chi connectivity index (χ2v) is 3.11. The Balaban J connectivity index is 2.16. The first kappa shape index (κ1) is 10.6. The first-order valence-corrected chi connectivity index (χ1v) is 4.41. The number of imide groups is 1. The Morgan fingerprint density at radius 1 is 1.50 bits per heavy atom. The monoisotopic (exact) mass is 199 g/mol. The summed E-state index contributed by atoms with van der Waals surface area (Å²) in [5.41, 5.74) is 0. The third kappa shape index (κ3) is 3.14. The lowest BCUT2D eigenvalue weighted by Gasteiger charge is -2.08. The van der Waals surface area contributed by atoms with Crippen molar-refractivity contribution in [1.29, 1.82) is 0 Å². The van der Waals surface area contributed by atoms with Crippen LogP contribution in [0.25, 0.3) is 0 Å². The van der Waals surface area contributed by atoms with Crippen molar-refractivity contribution >= 4 is 17.7 Å². The fourth-order valence-electron chi connectivity index (χ4n) is 1.20. The summed E-state index contributed by atoms with van der Waals surface area (Å²) in [6.45, 7) is 2.35. The predicted molar refractivity (Wildman–Crippen MR) is 48.2 cm³/mol. The van der Waals surface area contributed by atoms with E-state index in [-0.39, 0.29) is 24.1 Å². The minimum absolute atomic E-state index is 0.112. The van der Waals surface area contributed by atoms with Crippen LogP contribution in [0.1, 0.15) is 13.3 Å². The van der Waals surface area contributed by atoms with E-state index in [1.807, 2.05) is 0 Å². The van der Waals surface area contributed by atoms with Gasteiger partial charge in [-0.15, -0.1) is 0 Å². The van der Waals surface area contributed by atoms with Crippen molar-refractivity contribution in [3.05, 3.63) is 0 Å². The molecule has 1 rings (SSSR count). The molecule has 78 valence electrons. The lowest BCUT2D eigenvalue weighted by atomic mass is 10.2. The first-order valence-electron chi connectivity index (χ1n) is 4.41. The van der Waals surface area contributed by atoms with E-state index in [9.17, 15) is 14.4 Å². The predicted octanol–water partition coefficient (Wildman–Crippen LogP) is -1.87. The number of amides is 3. The van der Waals surface area contributed by atoms with Crippen molar-refractivity contribution in [2.75, 3.05) is 13.1 Å². The van der Waals surface area contributed by atoms with Gasteiger partial charge in [-0.1, -0.05) is 0 Å². The zero-order valence-electron chi connectivity index (χ0n) is 7.92. The lowest BCUT2D eigenvalue weighted by Crippen LogP contribution is -2.40. The van der Waals surface area contributed by atoms with Crippen molar-refractivity contribution in [2.45, 2.75) is 19.4 Å². The van der Waals surface area contributed by atoms with Crippen LogP contribution in [0.2, 0.25) is 0 Å². The van der Waals surface area contributed by atoms with Crippen LogP contribution in [-0.2, 0) is 14.4 Å². The molecule has 0 radical (unpaired) electrons. The molecular weight excluding hydrogens is 186 g/mol. The van der Waals surface area contributed by atoms with Gasteiger partial charge in [0.2, 0.25) is 17.7 Å². The fraction of sp³-hybridized carbons (Fsp3) is 0.625. The van der Waals surface area contributed by atoms with Crippen molar-refractivity contribution in [3.8, 4) is 0 Å². The summed E-state index contributed by atoms with van der Waals surface area (Å²) in [6, 6.07) is -0.448. The van der Waals surface area contributed by atoms with Crippen LogP contribution in [0.3, 0.4) is 0 Å². The second-order valence-electron chi connectivity index (χ2n) is 3.11. The topological polar surface area (TPSA) is 87.3 Å². The molecule has 3 amide bonds. The Bertz CT molecular complexity index is 265. The van der Waals surface area contributed by atoms with Crippen molar-refractivity contribution in [1.82, 2.24) is 16.0 Å². The molecule has 6 nitrogen and oxygen atoms in total. The van der Waals surface area contributed by atoms with Gasteiger partial charge in [-0.05, 0) is 0 Å². The van der Waals surface area contributed by atoms with E-state index in [2.05, 4.69) is 16.0 Å². The number of rotatable bonds is 4. The minimum Gasteiger partial charge on any atom is -0.355 e. The van der Waals surface area contributed by atoms with Gasteiger partial charge in [0.25, 0.3) is 0 Å². The summed E-state index contributed by atoms with van der Waals surface area (Å²) in [7, 11) is 0. The molecule has 0 spiro atoms. The number of hydrogen-bond acceptors (Lipinski definition) is 4. The van der Waals surface area contributed by atoms with Crippen LogP contribution in [0, 0.1) is 0 Å². The average molecular weight is 199 g/mol. The Hall–Kier alpha value is -1.43. The molecule has 0 saturated carbocycles. The standard InChI is InChI=1S/C8H13N3O3/c1-5(12)9-2-3-10-6-4-7(13)11-8(6)14/h6,10H,2-4H2,1H3,(H,9,12)(H,11,13,14). The van der Waals surface area contributed by atoms with Crippen molar-refractivity contribution in [2.24, 2.45) is 0 Å². The molecule has 1 saturated heterocycles. The van der Waals surface area contributed by atoms with Gasteiger partial charge < -0.3 is 10.6 Å². The molecule has 0 aromatic heterocycles. The Morgan fingerprint density at radius 3 is 2.71 bits per heavy atom. The zero-order valence-corrected chi connectivity index (χ0v) is 7.92. The number of nitrogens with one attached hydrogen (secondary N) is 3. The van der Waals surface area contributed by atoms with Crippen LogP contribution in [0.4, 0.5) is 0 Å². The van der Waals surface area contributed by atoms with Crippen molar-refractivity contribution in [3.63, 3.8) is 0 Å². The number of carbonyl (C=O) groups excluding carboxylic acids is 3. The molecule has 14 heavy (non-hydrogen) atoms. The van der Waals surface area contributed by atoms with Gasteiger partial charge in [-0.3, -0.25) is 19.7 Å². The molecule has 3 N–H and O–H groups in total. The zero-order chi connectivity index (χ0) is 10.6. The van der Waals surface area contributed by atoms with Crippen LogP contribution in [0.5, 0.6) is 0 Å². The maximum atomic E-state index is 11.0. The third-order valence-electron chi connectivity index (χ3n) is 1.86. The quantitative estimate of drug-likeness (QED) is 0.365. The Labute approximate surface area is 81.4 Å². The molecule has 1 aliphatic rings. The molecule has 0 aromatic carbocycles. The third-order valence-corrected chi connectivity index (χ3v) is 1.86. The molecule has 1 aliphatic heterocycles. The van der Waals surface area contributed by atoms with Crippen LogP contribution >= 0.6 is 0 Å². The molecule has 1 fully saturated rings. The Kier molecular flexibility index (Phi) is 3.58. The smallest absolute Gasteiger partial charge is 0.244 e. The Morgan fingerprint density at radius 2 is 2.21 bits per heavy atom. The SMILES string of the molecule is CC(=O)NCCNC1CC(=O)NC1=O. The summed E-state index contributed by atoms with van der Waals surface area (Å²) in [4.78, 5) is 32.3. The van der Waals surface area contributed by atoms with E-state index in [1.165, 1.54) is 6.92 Å². The van der Waals surface area contributed by atoms with E-state index < -0.39 is 6.04 Å². The van der Waals surface area contributed by atoms with Gasteiger partial charge in [-0.25, -0.2) is 0 Å². The van der Waals surface area contributed by atoms with E-state index in [0.717, 1.165) is 0 Å². The minimum atomic E-state index is -0.448. The number of carbonyl (C=O) groups is 3. The maximum absolute atomic E-state index is 11.0. The van der Waals surface area contributed by atoms with Gasteiger partial charge in [-0.2, -0.15) is 0 Å². The van der Waals surface area contributed by atoms with E-state index >= 15 is 0 Å². The first-order chi connectivity index (χ1) is 6.59. The lowest BCUT2D eigenvalue weighted by molar-refractivity contribution is -0.125. The van der Waals surface area contributed by atoms with Gasteiger partial charge in [0.1, 0.15) is 0 Å². The van der Waals surface area contributed by atoms with Gasteiger partial charge in [0, 0.05) is 20.0 Å². The van der Waals surface area contributed by atoms with Gasteiger partial charge in [0.05, 0.1) is 12.5 Å². The molecule has 6 heteroatoms. The number of hydrogen-bond donors (Lipinski definition) is 3. The maximum Gasteiger partial charge on any atom is 0.244 e. The van der Waals surface area contributed by atoms with E-state index in [4.69, 9.17) is 0 Å². The van der Waals surface area contributed by atoms with Crippen LogP contribution in [0.15, 0.2) is 0 Å². The van der Waals surface area contributed by atoms with Crippen molar-refractivity contribution < 1.29 is 14.4 Å². The van der Waals surface area contributed by atoms with Gasteiger partial charge >= 0.3 is 0 Å². The van der Waals surface area contributed by atoms with E-state index in [1.54, 1.807) is 0 Å².